The molecule has 0 aromatic carbocycles. The van der Waals surface area contributed by atoms with E-state index in [0.717, 1.165) is 25.9 Å². The van der Waals surface area contributed by atoms with E-state index in [1.807, 2.05) is 28.4 Å². The van der Waals surface area contributed by atoms with Crippen LogP contribution in [0.4, 0.5) is 5.13 Å². The number of nitrogen functional groups attached to an aromatic ring is 1. The van der Waals surface area contributed by atoms with Crippen LogP contribution in [-0.2, 0) is 25.8 Å². The maximum absolute atomic E-state index is 13.0. The first-order valence-corrected chi connectivity index (χ1v) is 14.0. The van der Waals surface area contributed by atoms with Crippen molar-refractivity contribution in [2.45, 2.75) is 18.0 Å². The molecule has 0 radical (unpaired) electrons. The quantitative estimate of drug-likeness (QED) is 0.169. The molecule has 186 valence electrons. The summed E-state index contributed by atoms with van der Waals surface area (Å²) in [6.07, 6.45) is 3.79. The summed E-state index contributed by atoms with van der Waals surface area (Å²) in [7, 11) is 1.28. The molecule has 3 N–H and O–H groups in total. The second-order valence-electron chi connectivity index (χ2n) is 7.77. The number of amides is 2. The molecule has 2 aliphatic heterocycles. The normalized spacial score (nSPS) is 19.8. The fraction of sp³-hybridized carbons (Fsp3) is 0.238. The number of carboxylic acids is 1. The number of nitrogens with one attached hydrogen (secondary N) is 1. The molecule has 5 rings (SSSR count). The first kappa shape index (κ1) is 24.7. The van der Waals surface area contributed by atoms with Gasteiger partial charge in [-0.25, -0.2) is 9.55 Å². The molecule has 1 saturated heterocycles. The van der Waals surface area contributed by atoms with Crippen molar-refractivity contribution in [1.29, 1.82) is 0 Å². The Morgan fingerprint density at radius 1 is 1.42 bits per heavy atom. The number of oxime groups is 1. The number of fused-ring (bicyclic) bond motifs is 2. The van der Waals surface area contributed by atoms with Crippen LogP contribution in [0.25, 0.3) is 10.1 Å². The molecule has 11 nitrogen and oxygen atoms in total. The minimum atomic E-state index is -1.44. The summed E-state index contributed by atoms with van der Waals surface area (Å²) in [6, 6.07) is 1.01. The van der Waals surface area contributed by atoms with Crippen molar-refractivity contribution in [2.24, 2.45) is 5.16 Å². The number of β-lactam (4-membered cyclic amide) rings is 1. The van der Waals surface area contributed by atoms with Gasteiger partial charge in [0.15, 0.2) is 29.8 Å². The van der Waals surface area contributed by atoms with Gasteiger partial charge < -0.3 is 25.8 Å². The van der Waals surface area contributed by atoms with E-state index in [9.17, 15) is 19.5 Å². The number of aromatic nitrogens is 2. The molecule has 3 aromatic rings. The van der Waals surface area contributed by atoms with Crippen molar-refractivity contribution in [1.82, 2.24) is 15.2 Å². The van der Waals surface area contributed by atoms with Gasteiger partial charge in [-0.3, -0.25) is 14.5 Å². The molecule has 36 heavy (non-hydrogen) atoms. The second-order valence-corrected chi connectivity index (χ2v) is 11.5. The van der Waals surface area contributed by atoms with Crippen molar-refractivity contribution in [3.63, 3.8) is 0 Å². The van der Waals surface area contributed by atoms with Crippen LogP contribution < -0.4 is 20.7 Å². The average molecular weight is 610 g/mol. The molecule has 2 amide bonds. The van der Waals surface area contributed by atoms with Gasteiger partial charge in [0.2, 0.25) is 0 Å². The molecule has 2 aliphatic rings. The van der Waals surface area contributed by atoms with Gasteiger partial charge >= 0.3 is 0 Å². The first-order chi connectivity index (χ1) is 17.3. The number of hydrogen-bond acceptors (Lipinski definition) is 11. The van der Waals surface area contributed by atoms with E-state index in [0.29, 0.717) is 11.3 Å². The van der Waals surface area contributed by atoms with E-state index in [1.54, 1.807) is 16.7 Å². The van der Waals surface area contributed by atoms with E-state index in [-0.39, 0.29) is 28.8 Å². The Kier molecular flexibility index (Phi) is 6.72. The monoisotopic (exact) mass is 608 g/mol. The van der Waals surface area contributed by atoms with Gasteiger partial charge in [0.25, 0.3) is 11.8 Å². The highest BCUT2D eigenvalue weighted by atomic mass is 79.9. The standard InChI is InChI=1S/C21H17BrN6O5S3/c1-33-26-14(12-8-36-21(23)24-12)17(29)25-15-18(30)28-16(20(31)32)9(6-35-19(15)28)4-27-3-2-13-10(5-27)11(22)7-34-13/h2-3,5,7-8,15,19H,4,6H2,1H3,(H3-,23,24,25,29,31,32)/t15?,19-/m0/s1. The number of carboxylic acid groups (broad SMARTS) is 1. The molecular formula is C21H17BrN6O5S3. The number of thioether (sulfide) groups is 1. The molecule has 2 atom stereocenters. The Bertz CT molecular complexity index is 1470. The fourth-order valence-corrected chi connectivity index (χ4v) is 7.40. The number of carbonyl (C=O) groups is 3. The summed E-state index contributed by atoms with van der Waals surface area (Å²) >= 11 is 7.61. The number of halogens is 1. The number of nitrogens with two attached hydrogens (primary N) is 1. The van der Waals surface area contributed by atoms with Crippen LogP contribution in [0.5, 0.6) is 0 Å². The summed E-state index contributed by atoms with van der Waals surface area (Å²) in [5, 5.41) is 22.6. The Balaban J connectivity index is 1.36. The molecule has 5 heterocycles. The summed E-state index contributed by atoms with van der Waals surface area (Å²) in [5.74, 6) is -2.32. The van der Waals surface area contributed by atoms with Crippen LogP contribution in [0.2, 0.25) is 0 Å². The van der Waals surface area contributed by atoms with Crippen molar-refractivity contribution in [2.75, 3.05) is 18.6 Å². The number of thiophene rings is 1. The minimum absolute atomic E-state index is 0.139. The van der Waals surface area contributed by atoms with Crippen LogP contribution in [0.15, 0.2) is 50.1 Å². The van der Waals surface area contributed by atoms with Crippen LogP contribution >= 0.6 is 50.4 Å². The number of rotatable bonds is 7. The Morgan fingerprint density at radius 2 is 2.22 bits per heavy atom. The van der Waals surface area contributed by atoms with Crippen LogP contribution in [0.1, 0.15) is 5.69 Å². The highest BCUT2D eigenvalue weighted by molar-refractivity contribution is 9.10. The molecular weight excluding hydrogens is 592 g/mol. The highest BCUT2D eigenvalue weighted by Gasteiger charge is 2.53. The van der Waals surface area contributed by atoms with E-state index >= 15 is 0 Å². The smallest absolute Gasteiger partial charge is 0.276 e. The van der Waals surface area contributed by atoms with Crippen LogP contribution in [0.3, 0.4) is 0 Å². The Labute approximate surface area is 224 Å². The third kappa shape index (κ3) is 4.36. The number of hydrogen-bond donors (Lipinski definition) is 2. The Hall–Kier alpha value is -3.01. The second kappa shape index (κ2) is 9.80. The number of thiazole rings is 1. The third-order valence-electron chi connectivity index (χ3n) is 5.59. The molecule has 0 spiro atoms. The predicted octanol–water partition coefficient (Wildman–Crippen LogP) is 0.445. The van der Waals surface area contributed by atoms with Crippen molar-refractivity contribution in [3.8, 4) is 0 Å². The van der Waals surface area contributed by atoms with Crippen molar-refractivity contribution < 1.29 is 28.9 Å². The molecule has 1 fully saturated rings. The summed E-state index contributed by atoms with van der Waals surface area (Å²) in [5.41, 5.74) is 6.10. The van der Waals surface area contributed by atoms with Crippen LogP contribution in [-0.4, -0.2) is 57.7 Å². The van der Waals surface area contributed by atoms with Gasteiger partial charge in [0.05, 0.1) is 17.1 Å². The topological polar surface area (TPSA) is 154 Å². The lowest BCUT2D eigenvalue weighted by atomic mass is 10.0. The number of aliphatic carboxylic acids is 1. The lowest BCUT2D eigenvalue weighted by molar-refractivity contribution is -0.687. The van der Waals surface area contributed by atoms with E-state index in [2.05, 4.69) is 31.4 Å². The Morgan fingerprint density at radius 3 is 2.92 bits per heavy atom. The molecule has 0 saturated carbocycles. The predicted molar refractivity (Wildman–Crippen MR) is 137 cm³/mol. The molecule has 0 bridgehead atoms. The minimum Gasteiger partial charge on any atom is -0.543 e. The molecule has 15 heteroatoms. The van der Waals surface area contributed by atoms with Crippen molar-refractivity contribution >= 4 is 89.1 Å². The molecule has 3 aromatic heterocycles. The van der Waals surface area contributed by atoms with E-state index < -0.39 is 29.2 Å². The largest absolute Gasteiger partial charge is 0.543 e. The van der Waals surface area contributed by atoms with Gasteiger partial charge in [0, 0.05) is 37.3 Å². The SMILES string of the molecule is CON=C(C(=O)NC1C(=O)N2C(C(=O)[O-])=C(C[n+]3ccc4scc(Br)c4c3)CS[C@@H]12)c1csc(N)n1. The first-order valence-electron chi connectivity index (χ1n) is 10.4. The van der Waals surface area contributed by atoms with Gasteiger partial charge in [-0.05, 0) is 15.9 Å². The fourth-order valence-electron chi connectivity index (χ4n) is 4.00. The van der Waals surface area contributed by atoms with Crippen LogP contribution in [0, 0.1) is 0 Å². The van der Waals surface area contributed by atoms with E-state index in [4.69, 9.17) is 10.6 Å². The summed E-state index contributed by atoms with van der Waals surface area (Å²) in [4.78, 5) is 47.9. The number of pyridine rings is 1. The van der Waals surface area contributed by atoms with Gasteiger partial charge in [-0.2, -0.15) is 0 Å². The van der Waals surface area contributed by atoms with Gasteiger partial charge in [0.1, 0.15) is 24.2 Å². The highest BCUT2D eigenvalue weighted by Crippen LogP contribution is 2.40. The average Bonchev–Trinajstić information content (AvgIpc) is 3.45. The lowest BCUT2D eigenvalue weighted by Crippen LogP contribution is -2.71. The lowest BCUT2D eigenvalue weighted by Gasteiger charge is -2.50. The summed E-state index contributed by atoms with van der Waals surface area (Å²) in [6.45, 7) is 0.276. The summed E-state index contributed by atoms with van der Waals surface area (Å²) < 4.78 is 3.92. The van der Waals surface area contributed by atoms with Crippen molar-refractivity contribution in [3.05, 3.63) is 50.7 Å². The number of carbonyl (C=O) groups excluding carboxylic acids is 3. The molecule has 0 aliphatic carbocycles. The maximum atomic E-state index is 13.0. The third-order valence-corrected chi connectivity index (χ3v) is 9.52. The maximum Gasteiger partial charge on any atom is 0.276 e. The number of anilines is 1. The molecule has 1 unspecified atom stereocenters. The van der Waals surface area contributed by atoms with Gasteiger partial charge in [-0.15, -0.1) is 34.4 Å². The zero-order valence-corrected chi connectivity index (χ0v) is 22.5. The van der Waals surface area contributed by atoms with Gasteiger partial charge in [-0.1, -0.05) is 5.16 Å². The zero-order valence-electron chi connectivity index (χ0n) is 18.5. The van der Waals surface area contributed by atoms with E-state index in [1.165, 1.54) is 23.8 Å². The number of nitrogens with zero attached hydrogens (tertiary/aromatic N) is 4. The zero-order chi connectivity index (χ0) is 25.6.